The molecule has 0 amide bonds. The molecule has 4 N–H and O–H groups in total. The normalized spacial score (nSPS) is 16.1. The third kappa shape index (κ3) is 4.49. The van der Waals surface area contributed by atoms with E-state index in [0.29, 0.717) is 16.8 Å². The fraction of sp³-hybridized carbons (Fsp3) is 0.455. The van der Waals surface area contributed by atoms with E-state index in [9.17, 15) is 0 Å². The van der Waals surface area contributed by atoms with Gasteiger partial charge in [-0.15, -0.1) is 0 Å². The first-order valence-electron chi connectivity index (χ1n) is 4.95. The number of benzene rings is 1. The summed E-state index contributed by atoms with van der Waals surface area (Å²) in [7, 11) is 0. The second kappa shape index (κ2) is 5.89. The van der Waals surface area contributed by atoms with Crippen LogP contribution in [0.15, 0.2) is 24.3 Å². The smallest absolute Gasteiger partial charge is 0.0426 e. The minimum atomic E-state index is 0.546. The molecule has 0 aliphatic heterocycles. The van der Waals surface area contributed by atoms with E-state index in [-0.39, 0.29) is 0 Å². The van der Waals surface area contributed by atoms with E-state index < -0.39 is 0 Å². The molecule has 3 heteroatoms. The quantitative estimate of drug-likeness (QED) is 0.650. The Hall–Kier alpha value is -0.730. The third-order valence-electron chi connectivity index (χ3n) is 2.25. The summed E-state index contributed by atoms with van der Waals surface area (Å²) in [6.45, 7) is 0. The van der Waals surface area contributed by atoms with Crippen LogP contribution in [0.4, 0.5) is 5.69 Å². The van der Waals surface area contributed by atoms with Crippen molar-refractivity contribution < 1.29 is 0 Å². The van der Waals surface area contributed by atoms with Crippen LogP contribution in [0.2, 0.25) is 5.02 Å². The molecule has 0 aromatic heterocycles. The van der Waals surface area contributed by atoms with Gasteiger partial charge >= 0.3 is 0 Å². The number of rotatable bonds is 0. The predicted molar refractivity (Wildman–Crippen MR) is 62.3 cm³/mol. The van der Waals surface area contributed by atoms with Crippen molar-refractivity contribution in [2.24, 2.45) is 5.73 Å². The van der Waals surface area contributed by atoms with Crippen LogP contribution in [0.5, 0.6) is 0 Å². The summed E-state index contributed by atoms with van der Waals surface area (Å²) in [6.07, 6.45) is 5.25. The minimum absolute atomic E-state index is 0.546. The topological polar surface area (TPSA) is 52.0 Å². The summed E-state index contributed by atoms with van der Waals surface area (Å²) in [4.78, 5) is 0. The second-order valence-corrected chi connectivity index (χ2v) is 4.04. The summed E-state index contributed by atoms with van der Waals surface area (Å²) < 4.78 is 0. The molecule has 2 nitrogen and oxygen atoms in total. The van der Waals surface area contributed by atoms with Gasteiger partial charge in [0.25, 0.3) is 0 Å². The van der Waals surface area contributed by atoms with Crippen LogP contribution in [-0.2, 0) is 0 Å². The van der Waals surface area contributed by atoms with E-state index in [1.807, 2.05) is 6.07 Å². The molecule has 0 unspecified atom stereocenters. The summed E-state index contributed by atoms with van der Waals surface area (Å²) in [5, 5.41) is 0.685. The lowest BCUT2D eigenvalue weighted by Crippen LogP contribution is -2.13. The predicted octanol–water partition coefficient (Wildman–Crippen LogP) is 2.81. The van der Waals surface area contributed by atoms with Crippen molar-refractivity contribution in [2.75, 3.05) is 5.73 Å². The molecule has 1 aromatic rings. The van der Waals surface area contributed by atoms with Crippen molar-refractivity contribution in [3.63, 3.8) is 0 Å². The molecule has 2 rings (SSSR count). The second-order valence-electron chi connectivity index (χ2n) is 3.60. The van der Waals surface area contributed by atoms with Gasteiger partial charge in [-0.25, -0.2) is 0 Å². The maximum Gasteiger partial charge on any atom is 0.0426 e. The van der Waals surface area contributed by atoms with Crippen LogP contribution in [-0.4, -0.2) is 6.04 Å². The number of nitrogens with two attached hydrogens (primary N) is 2. The molecule has 0 radical (unpaired) electrons. The SMILES string of the molecule is NC1CCCC1.Nc1cccc(Cl)c1. The van der Waals surface area contributed by atoms with Gasteiger partial charge in [0, 0.05) is 16.8 Å². The van der Waals surface area contributed by atoms with Gasteiger partial charge in [0.15, 0.2) is 0 Å². The van der Waals surface area contributed by atoms with E-state index in [2.05, 4.69) is 0 Å². The summed E-state index contributed by atoms with van der Waals surface area (Å²) in [6, 6.07) is 7.66. The van der Waals surface area contributed by atoms with Gasteiger partial charge in [-0.3, -0.25) is 0 Å². The standard InChI is InChI=1S/C6H6ClN.C5H11N/c7-5-2-1-3-6(8)4-5;6-5-3-1-2-4-5/h1-4H,8H2;5H,1-4,6H2. The molecule has 1 aliphatic carbocycles. The number of anilines is 1. The Morgan fingerprint density at radius 1 is 1.21 bits per heavy atom. The third-order valence-corrected chi connectivity index (χ3v) is 2.48. The largest absolute Gasteiger partial charge is 0.399 e. The first kappa shape index (κ1) is 11.3. The number of nitrogen functional groups attached to an aromatic ring is 1. The lowest BCUT2D eigenvalue weighted by atomic mass is 10.3. The van der Waals surface area contributed by atoms with Gasteiger partial charge in [-0.05, 0) is 31.0 Å². The summed E-state index contributed by atoms with van der Waals surface area (Å²) in [5.74, 6) is 0. The Kier molecular flexibility index (Phi) is 4.77. The number of hydrogen-bond acceptors (Lipinski definition) is 2. The van der Waals surface area contributed by atoms with Crippen molar-refractivity contribution in [1.82, 2.24) is 0 Å². The Labute approximate surface area is 90.2 Å². The highest BCUT2D eigenvalue weighted by molar-refractivity contribution is 6.30. The molecule has 0 spiro atoms. The Bertz CT molecular complexity index is 252. The monoisotopic (exact) mass is 212 g/mol. The highest BCUT2D eigenvalue weighted by Gasteiger charge is 2.07. The van der Waals surface area contributed by atoms with Crippen molar-refractivity contribution in [3.05, 3.63) is 29.3 Å². The van der Waals surface area contributed by atoms with E-state index in [1.165, 1.54) is 25.7 Å². The van der Waals surface area contributed by atoms with Gasteiger partial charge in [0.1, 0.15) is 0 Å². The minimum Gasteiger partial charge on any atom is -0.399 e. The van der Waals surface area contributed by atoms with Gasteiger partial charge in [-0.2, -0.15) is 0 Å². The average molecular weight is 213 g/mol. The van der Waals surface area contributed by atoms with E-state index in [0.717, 1.165) is 0 Å². The Balaban J connectivity index is 0.000000146. The highest BCUT2D eigenvalue weighted by atomic mass is 35.5. The zero-order chi connectivity index (χ0) is 10.4. The maximum absolute atomic E-state index is 5.56. The molecule has 0 saturated heterocycles. The van der Waals surface area contributed by atoms with Gasteiger partial charge in [0.2, 0.25) is 0 Å². The zero-order valence-corrected chi connectivity index (χ0v) is 9.00. The fourth-order valence-electron chi connectivity index (χ4n) is 1.46. The van der Waals surface area contributed by atoms with Crippen LogP contribution < -0.4 is 11.5 Å². The van der Waals surface area contributed by atoms with Gasteiger partial charge in [0.05, 0.1) is 0 Å². The lowest BCUT2D eigenvalue weighted by molar-refractivity contribution is 0.704. The summed E-state index contributed by atoms with van der Waals surface area (Å²) >= 11 is 5.56. The van der Waals surface area contributed by atoms with Crippen molar-refractivity contribution >= 4 is 17.3 Å². The molecular formula is C11H17ClN2. The number of hydrogen-bond donors (Lipinski definition) is 2. The number of halogens is 1. The van der Waals surface area contributed by atoms with Crippen LogP contribution >= 0.6 is 11.6 Å². The molecule has 1 fully saturated rings. The van der Waals surface area contributed by atoms with Crippen LogP contribution in [0.25, 0.3) is 0 Å². The van der Waals surface area contributed by atoms with Crippen molar-refractivity contribution in [2.45, 2.75) is 31.7 Å². The van der Waals surface area contributed by atoms with Crippen LogP contribution in [0.1, 0.15) is 25.7 Å². The fourth-order valence-corrected chi connectivity index (χ4v) is 1.66. The highest BCUT2D eigenvalue weighted by Crippen LogP contribution is 2.14. The zero-order valence-electron chi connectivity index (χ0n) is 8.25. The molecule has 0 heterocycles. The van der Waals surface area contributed by atoms with Gasteiger partial charge < -0.3 is 11.5 Å². The molecule has 1 aliphatic rings. The molecule has 1 saturated carbocycles. The first-order chi connectivity index (χ1) is 6.68. The maximum atomic E-state index is 5.56. The molecule has 0 atom stereocenters. The van der Waals surface area contributed by atoms with Crippen molar-refractivity contribution in [1.29, 1.82) is 0 Å². The molecule has 14 heavy (non-hydrogen) atoms. The van der Waals surface area contributed by atoms with E-state index in [4.69, 9.17) is 23.1 Å². The van der Waals surface area contributed by atoms with Crippen LogP contribution in [0.3, 0.4) is 0 Å². The first-order valence-corrected chi connectivity index (χ1v) is 5.33. The van der Waals surface area contributed by atoms with Gasteiger partial charge in [-0.1, -0.05) is 30.5 Å². The Morgan fingerprint density at radius 3 is 2.14 bits per heavy atom. The molecule has 1 aromatic carbocycles. The van der Waals surface area contributed by atoms with E-state index >= 15 is 0 Å². The average Bonchev–Trinajstić information content (AvgIpc) is 2.56. The lowest BCUT2D eigenvalue weighted by Gasteiger charge is -1.92. The van der Waals surface area contributed by atoms with E-state index in [1.54, 1.807) is 18.2 Å². The molecule has 0 bridgehead atoms. The Morgan fingerprint density at radius 2 is 1.86 bits per heavy atom. The molecular weight excluding hydrogens is 196 g/mol. The molecule has 78 valence electrons. The van der Waals surface area contributed by atoms with Crippen LogP contribution in [0, 0.1) is 0 Å². The summed E-state index contributed by atoms with van der Waals surface area (Å²) in [5.41, 5.74) is 11.6. The van der Waals surface area contributed by atoms with Crippen molar-refractivity contribution in [3.8, 4) is 0 Å².